The molecule has 4 heteroatoms. The number of carbonyl (C=O) groups is 1. The second-order valence-corrected chi connectivity index (χ2v) is 6.60. The molecule has 1 fully saturated rings. The van der Waals surface area contributed by atoms with Crippen LogP contribution in [0.4, 0.5) is 0 Å². The highest BCUT2D eigenvalue weighted by atomic mass is 32.2. The standard InChI is InChI=1S/C18H18N2OS/c1-22-14-9-7-13(8-10-14)18-16-6-3-2-5-15(16)17(21)20(18)12-4-11-19-18/h2-3,5-10,19H,4,11-12H2,1H3. The lowest BCUT2D eigenvalue weighted by Crippen LogP contribution is -2.59. The summed E-state index contributed by atoms with van der Waals surface area (Å²) in [5, 5.41) is 3.63. The van der Waals surface area contributed by atoms with Crippen LogP contribution in [-0.2, 0) is 5.66 Å². The van der Waals surface area contributed by atoms with Crippen LogP contribution < -0.4 is 5.32 Å². The molecule has 4 rings (SSSR count). The van der Waals surface area contributed by atoms with Gasteiger partial charge in [0.15, 0.2) is 0 Å². The third-order valence-electron chi connectivity index (χ3n) is 4.64. The van der Waals surface area contributed by atoms with E-state index < -0.39 is 5.66 Å². The first-order chi connectivity index (χ1) is 10.8. The van der Waals surface area contributed by atoms with Crippen molar-refractivity contribution in [2.45, 2.75) is 17.0 Å². The number of nitrogens with zero attached hydrogens (tertiary/aromatic N) is 1. The zero-order valence-electron chi connectivity index (χ0n) is 12.5. The second-order valence-electron chi connectivity index (χ2n) is 5.72. The Hall–Kier alpha value is -1.78. The first-order valence-electron chi connectivity index (χ1n) is 7.58. The fourth-order valence-corrected chi connectivity index (χ4v) is 4.05. The van der Waals surface area contributed by atoms with E-state index >= 15 is 0 Å². The minimum atomic E-state index is -0.497. The van der Waals surface area contributed by atoms with Crippen molar-refractivity contribution in [3.63, 3.8) is 0 Å². The normalized spacial score (nSPS) is 23.3. The molecule has 2 aromatic carbocycles. The van der Waals surface area contributed by atoms with Gasteiger partial charge in [0, 0.05) is 22.6 Å². The summed E-state index contributed by atoms with van der Waals surface area (Å²) in [7, 11) is 0. The molecule has 0 bridgehead atoms. The van der Waals surface area contributed by atoms with Gasteiger partial charge in [0.1, 0.15) is 5.66 Å². The molecule has 0 spiro atoms. The van der Waals surface area contributed by atoms with Gasteiger partial charge in [-0.2, -0.15) is 0 Å². The van der Waals surface area contributed by atoms with Crippen LogP contribution in [0.25, 0.3) is 0 Å². The Labute approximate surface area is 134 Å². The fraction of sp³-hybridized carbons (Fsp3) is 0.278. The quantitative estimate of drug-likeness (QED) is 0.865. The molecule has 0 aliphatic carbocycles. The van der Waals surface area contributed by atoms with Crippen LogP contribution >= 0.6 is 11.8 Å². The summed E-state index contributed by atoms with van der Waals surface area (Å²) in [6, 6.07) is 16.5. The fourth-order valence-electron chi connectivity index (χ4n) is 3.64. The molecule has 112 valence electrons. The number of nitrogens with one attached hydrogen (secondary N) is 1. The molecule has 0 saturated carbocycles. The molecule has 2 aliphatic heterocycles. The molecule has 1 amide bonds. The van der Waals surface area contributed by atoms with Gasteiger partial charge in [-0.1, -0.05) is 30.3 Å². The lowest BCUT2D eigenvalue weighted by molar-refractivity contribution is 0.0457. The first kappa shape index (κ1) is 13.9. The van der Waals surface area contributed by atoms with Crippen molar-refractivity contribution in [1.82, 2.24) is 10.2 Å². The Morgan fingerprint density at radius 2 is 1.91 bits per heavy atom. The van der Waals surface area contributed by atoms with E-state index in [0.29, 0.717) is 0 Å². The zero-order chi connectivity index (χ0) is 15.2. The van der Waals surface area contributed by atoms with E-state index in [9.17, 15) is 4.79 Å². The van der Waals surface area contributed by atoms with Crippen LogP contribution in [0.1, 0.15) is 27.9 Å². The number of amides is 1. The summed E-state index contributed by atoms with van der Waals surface area (Å²) < 4.78 is 0. The third-order valence-corrected chi connectivity index (χ3v) is 5.39. The average Bonchev–Trinajstić information content (AvgIpc) is 2.86. The summed E-state index contributed by atoms with van der Waals surface area (Å²) in [5.41, 5.74) is 2.55. The molecule has 0 aromatic heterocycles. The summed E-state index contributed by atoms with van der Waals surface area (Å²) in [6.07, 6.45) is 3.07. The molecule has 22 heavy (non-hydrogen) atoms. The van der Waals surface area contributed by atoms with E-state index in [4.69, 9.17) is 0 Å². The summed E-state index contributed by atoms with van der Waals surface area (Å²) >= 11 is 1.73. The van der Waals surface area contributed by atoms with Crippen molar-refractivity contribution < 1.29 is 4.79 Å². The number of thioether (sulfide) groups is 1. The van der Waals surface area contributed by atoms with Gasteiger partial charge in [0.05, 0.1) is 0 Å². The van der Waals surface area contributed by atoms with Gasteiger partial charge < -0.3 is 4.90 Å². The molecule has 1 atom stereocenters. The highest BCUT2D eigenvalue weighted by molar-refractivity contribution is 7.98. The lowest BCUT2D eigenvalue weighted by atomic mass is 9.89. The van der Waals surface area contributed by atoms with Gasteiger partial charge in [-0.25, -0.2) is 0 Å². The van der Waals surface area contributed by atoms with Crippen LogP contribution in [-0.4, -0.2) is 30.2 Å². The van der Waals surface area contributed by atoms with Crippen molar-refractivity contribution >= 4 is 17.7 Å². The Balaban J connectivity index is 1.93. The van der Waals surface area contributed by atoms with Crippen LogP contribution in [0, 0.1) is 0 Å². The lowest BCUT2D eigenvalue weighted by Gasteiger charge is -2.44. The van der Waals surface area contributed by atoms with Crippen LogP contribution in [0.15, 0.2) is 53.4 Å². The topological polar surface area (TPSA) is 32.3 Å². The van der Waals surface area contributed by atoms with Crippen LogP contribution in [0.2, 0.25) is 0 Å². The predicted molar refractivity (Wildman–Crippen MR) is 89.1 cm³/mol. The van der Waals surface area contributed by atoms with E-state index in [2.05, 4.69) is 41.9 Å². The summed E-state index contributed by atoms with van der Waals surface area (Å²) in [6.45, 7) is 1.72. The monoisotopic (exact) mass is 310 g/mol. The maximum absolute atomic E-state index is 12.8. The molecule has 2 heterocycles. The van der Waals surface area contributed by atoms with Crippen molar-refractivity contribution in [3.8, 4) is 0 Å². The van der Waals surface area contributed by atoms with Gasteiger partial charge in [0.25, 0.3) is 5.91 Å². The molecule has 1 unspecified atom stereocenters. The Bertz CT molecular complexity index is 728. The Kier molecular flexibility index (Phi) is 3.24. The molecule has 1 saturated heterocycles. The van der Waals surface area contributed by atoms with Gasteiger partial charge in [-0.05, 0) is 43.0 Å². The van der Waals surface area contributed by atoms with Gasteiger partial charge in [-0.15, -0.1) is 11.8 Å². The molecule has 1 N–H and O–H groups in total. The SMILES string of the molecule is CSc1ccc(C23NCCCN2C(=O)c2ccccc23)cc1. The van der Waals surface area contributed by atoms with Crippen molar-refractivity contribution in [2.75, 3.05) is 19.3 Å². The zero-order valence-corrected chi connectivity index (χ0v) is 13.3. The van der Waals surface area contributed by atoms with Gasteiger partial charge >= 0.3 is 0 Å². The average molecular weight is 310 g/mol. The Morgan fingerprint density at radius 1 is 1.14 bits per heavy atom. The molecule has 2 aromatic rings. The number of hydrogen-bond acceptors (Lipinski definition) is 3. The van der Waals surface area contributed by atoms with Gasteiger partial charge in [-0.3, -0.25) is 10.1 Å². The number of benzene rings is 2. The largest absolute Gasteiger partial charge is 0.312 e. The van der Waals surface area contributed by atoms with Crippen LogP contribution in [0.3, 0.4) is 0 Å². The number of carbonyl (C=O) groups excluding carboxylic acids is 1. The van der Waals surface area contributed by atoms with Crippen molar-refractivity contribution in [3.05, 3.63) is 65.2 Å². The molecule has 2 aliphatic rings. The maximum Gasteiger partial charge on any atom is 0.256 e. The van der Waals surface area contributed by atoms with Gasteiger partial charge in [0.2, 0.25) is 0 Å². The first-order valence-corrected chi connectivity index (χ1v) is 8.81. The third kappa shape index (κ3) is 1.77. The van der Waals surface area contributed by atoms with E-state index in [0.717, 1.165) is 36.2 Å². The molecular weight excluding hydrogens is 292 g/mol. The number of hydrogen-bond donors (Lipinski definition) is 1. The molecule has 0 radical (unpaired) electrons. The van der Waals surface area contributed by atoms with E-state index in [1.807, 2.05) is 23.1 Å². The maximum atomic E-state index is 12.8. The summed E-state index contributed by atoms with van der Waals surface area (Å²) in [4.78, 5) is 16.0. The van der Waals surface area contributed by atoms with Crippen molar-refractivity contribution in [2.24, 2.45) is 0 Å². The molecular formula is C18H18N2OS. The molecule has 3 nitrogen and oxygen atoms in total. The van der Waals surface area contributed by atoms with E-state index in [-0.39, 0.29) is 5.91 Å². The minimum Gasteiger partial charge on any atom is -0.312 e. The Morgan fingerprint density at radius 3 is 2.68 bits per heavy atom. The van der Waals surface area contributed by atoms with E-state index in [1.165, 1.54) is 4.90 Å². The van der Waals surface area contributed by atoms with E-state index in [1.54, 1.807) is 11.8 Å². The van der Waals surface area contributed by atoms with Crippen LogP contribution in [0.5, 0.6) is 0 Å². The van der Waals surface area contributed by atoms with Crippen molar-refractivity contribution in [1.29, 1.82) is 0 Å². The highest BCUT2D eigenvalue weighted by Gasteiger charge is 2.51. The minimum absolute atomic E-state index is 0.136. The second kappa shape index (κ2) is 5.14. The number of fused-ring (bicyclic) bond motifs is 3. The predicted octanol–water partition coefficient (Wildman–Crippen LogP) is 3.06. The smallest absolute Gasteiger partial charge is 0.256 e. The number of rotatable bonds is 2. The highest BCUT2D eigenvalue weighted by Crippen LogP contribution is 2.43. The summed E-state index contributed by atoms with van der Waals surface area (Å²) in [5.74, 6) is 0.136.